The highest BCUT2D eigenvalue weighted by Gasteiger charge is 2.13. The van der Waals surface area contributed by atoms with Gasteiger partial charge in [0.05, 0.1) is 21.5 Å². The van der Waals surface area contributed by atoms with Crippen LogP contribution in [0.25, 0.3) is 0 Å². The molecular weight excluding hydrogens is 415 g/mol. The Labute approximate surface area is 167 Å². The molecule has 0 spiro atoms. The number of halogens is 2. The summed E-state index contributed by atoms with van der Waals surface area (Å²) < 4.78 is 36.7. The van der Waals surface area contributed by atoms with Crippen molar-refractivity contribution in [2.24, 2.45) is 0 Å². The molecule has 1 amide bonds. The van der Waals surface area contributed by atoms with E-state index in [4.69, 9.17) is 32.7 Å². The summed E-state index contributed by atoms with van der Waals surface area (Å²) >= 11 is 11.7. The number of amides is 1. The van der Waals surface area contributed by atoms with E-state index in [9.17, 15) is 13.2 Å². The number of ether oxygens (including phenoxy) is 2. The van der Waals surface area contributed by atoms with Crippen LogP contribution in [0.1, 0.15) is 0 Å². The van der Waals surface area contributed by atoms with Gasteiger partial charge in [0.25, 0.3) is 5.91 Å². The zero-order chi connectivity index (χ0) is 19.9. The first kappa shape index (κ1) is 21.5. The molecule has 0 fully saturated rings. The van der Waals surface area contributed by atoms with Gasteiger partial charge in [0.15, 0.2) is 6.61 Å². The Morgan fingerprint density at radius 2 is 1.78 bits per heavy atom. The highest BCUT2D eigenvalue weighted by atomic mass is 35.5. The molecule has 0 bridgehead atoms. The Bertz CT molecular complexity index is 889. The number of carbonyl (C=O) groups is 1. The van der Waals surface area contributed by atoms with Crippen LogP contribution in [-0.2, 0) is 19.6 Å². The number of benzene rings is 2. The van der Waals surface area contributed by atoms with Gasteiger partial charge in [-0.25, -0.2) is 13.1 Å². The van der Waals surface area contributed by atoms with Crippen molar-refractivity contribution < 1.29 is 22.7 Å². The van der Waals surface area contributed by atoms with E-state index >= 15 is 0 Å². The summed E-state index contributed by atoms with van der Waals surface area (Å²) in [5.41, 5.74) is 0.488. The first-order valence-electron chi connectivity index (χ1n) is 7.78. The third-order valence-corrected chi connectivity index (χ3v) is 5.52. The second-order valence-electron chi connectivity index (χ2n) is 5.33. The third-order valence-electron chi connectivity index (χ3n) is 3.31. The predicted octanol–water partition coefficient (Wildman–Crippen LogP) is 2.94. The van der Waals surface area contributed by atoms with E-state index in [0.29, 0.717) is 21.5 Å². The quantitative estimate of drug-likeness (QED) is 0.594. The maximum Gasteiger partial charge on any atom is 0.262 e. The number of nitrogens with one attached hydrogen (secondary N) is 2. The lowest BCUT2D eigenvalue weighted by Gasteiger charge is -2.09. The predicted molar refractivity (Wildman–Crippen MR) is 104 cm³/mol. The fourth-order valence-electron chi connectivity index (χ4n) is 2.00. The highest BCUT2D eigenvalue weighted by Crippen LogP contribution is 2.25. The minimum Gasteiger partial charge on any atom is -0.484 e. The number of sulfonamides is 1. The van der Waals surface area contributed by atoms with E-state index in [0.717, 1.165) is 0 Å². The molecule has 0 atom stereocenters. The van der Waals surface area contributed by atoms with Crippen molar-refractivity contribution in [1.82, 2.24) is 4.72 Å². The van der Waals surface area contributed by atoms with E-state index in [1.807, 2.05) is 0 Å². The van der Waals surface area contributed by atoms with Gasteiger partial charge >= 0.3 is 0 Å². The minimum absolute atomic E-state index is 0.0891. The van der Waals surface area contributed by atoms with Gasteiger partial charge in [-0.1, -0.05) is 23.2 Å². The Kier molecular flexibility index (Phi) is 7.88. The molecule has 2 rings (SSSR count). The van der Waals surface area contributed by atoms with Gasteiger partial charge in [0.1, 0.15) is 5.75 Å². The molecule has 27 heavy (non-hydrogen) atoms. The van der Waals surface area contributed by atoms with Crippen molar-refractivity contribution in [3.8, 4) is 5.75 Å². The molecule has 0 aliphatic heterocycles. The molecule has 0 aliphatic rings. The molecule has 0 radical (unpaired) electrons. The van der Waals surface area contributed by atoms with Gasteiger partial charge in [0, 0.05) is 19.3 Å². The Balaban J connectivity index is 1.88. The van der Waals surface area contributed by atoms with Crippen LogP contribution in [0.3, 0.4) is 0 Å². The minimum atomic E-state index is -3.62. The molecule has 0 saturated carbocycles. The number of rotatable bonds is 9. The number of anilines is 1. The normalized spacial score (nSPS) is 11.2. The zero-order valence-electron chi connectivity index (χ0n) is 14.4. The number of carbonyl (C=O) groups excluding carboxylic acids is 1. The van der Waals surface area contributed by atoms with E-state index in [1.165, 1.54) is 37.4 Å². The SMILES string of the molecule is COCCNS(=O)(=O)c1ccc(OCC(=O)Nc2ccc(Cl)c(Cl)c2)cc1. The lowest BCUT2D eigenvalue weighted by molar-refractivity contribution is -0.118. The van der Waals surface area contributed by atoms with E-state index in [-0.39, 0.29) is 24.7 Å². The summed E-state index contributed by atoms with van der Waals surface area (Å²) in [4.78, 5) is 12.0. The summed E-state index contributed by atoms with van der Waals surface area (Å²) in [7, 11) is -2.13. The summed E-state index contributed by atoms with van der Waals surface area (Å²) in [6.45, 7) is 0.193. The third kappa shape index (κ3) is 6.67. The molecule has 0 saturated heterocycles. The van der Waals surface area contributed by atoms with Gasteiger partial charge in [-0.2, -0.15) is 0 Å². The molecule has 10 heteroatoms. The Morgan fingerprint density at radius 3 is 2.41 bits per heavy atom. The molecule has 0 unspecified atom stereocenters. The van der Waals surface area contributed by atoms with Gasteiger partial charge in [0.2, 0.25) is 10.0 Å². The smallest absolute Gasteiger partial charge is 0.262 e. The fourth-order valence-corrected chi connectivity index (χ4v) is 3.31. The average Bonchev–Trinajstić information content (AvgIpc) is 2.63. The number of hydrogen-bond donors (Lipinski definition) is 2. The average molecular weight is 433 g/mol. The van der Waals surface area contributed by atoms with Crippen LogP contribution in [0.15, 0.2) is 47.4 Å². The maximum atomic E-state index is 12.0. The molecule has 0 aliphatic carbocycles. The van der Waals surface area contributed by atoms with E-state index in [2.05, 4.69) is 10.0 Å². The van der Waals surface area contributed by atoms with Crippen LogP contribution in [0.4, 0.5) is 5.69 Å². The fraction of sp³-hybridized carbons (Fsp3) is 0.235. The zero-order valence-corrected chi connectivity index (χ0v) is 16.7. The molecule has 7 nitrogen and oxygen atoms in total. The van der Waals surface area contributed by atoms with E-state index < -0.39 is 15.9 Å². The van der Waals surface area contributed by atoms with Crippen LogP contribution >= 0.6 is 23.2 Å². The summed E-state index contributed by atoms with van der Waals surface area (Å²) in [5.74, 6) is -0.0403. The molecule has 0 aromatic heterocycles. The topological polar surface area (TPSA) is 93.7 Å². The van der Waals surface area contributed by atoms with Crippen molar-refractivity contribution in [2.45, 2.75) is 4.90 Å². The molecule has 2 aromatic rings. The first-order valence-corrected chi connectivity index (χ1v) is 10.0. The molecule has 2 N–H and O–H groups in total. The lowest BCUT2D eigenvalue weighted by atomic mass is 10.3. The van der Waals surface area contributed by atoms with Gasteiger partial charge in [-0.15, -0.1) is 0 Å². The maximum absolute atomic E-state index is 12.0. The standard InChI is InChI=1S/C17H18Cl2N2O5S/c1-25-9-8-20-27(23,24)14-5-3-13(4-6-14)26-11-17(22)21-12-2-7-15(18)16(19)10-12/h2-7,10,20H,8-9,11H2,1H3,(H,21,22). The number of hydrogen-bond acceptors (Lipinski definition) is 5. The van der Waals surface area contributed by atoms with Crippen LogP contribution in [0.5, 0.6) is 5.75 Å². The number of methoxy groups -OCH3 is 1. The summed E-state index contributed by atoms with van der Waals surface area (Å²) in [6, 6.07) is 10.4. The molecule has 0 heterocycles. The van der Waals surface area contributed by atoms with Crippen LogP contribution in [0, 0.1) is 0 Å². The summed E-state index contributed by atoms with van der Waals surface area (Å²) in [6.07, 6.45) is 0. The van der Waals surface area contributed by atoms with Gasteiger partial charge in [-0.05, 0) is 42.5 Å². The van der Waals surface area contributed by atoms with Crippen molar-refractivity contribution in [2.75, 3.05) is 32.2 Å². The van der Waals surface area contributed by atoms with Crippen LogP contribution < -0.4 is 14.8 Å². The second-order valence-corrected chi connectivity index (χ2v) is 7.91. The largest absolute Gasteiger partial charge is 0.484 e. The van der Waals surface area contributed by atoms with Gasteiger partial charge in [-0.3, -0.25) is 4.79 Å². The van der Waals surface area contributed by atoms with Crippen molar-refractivity contribution in [3.05, 3.63) is 52.5 Å². The van der Waals surface area contributed by atoms with Crippen molar-refractivity contribution >= 4 is 44.8 Å². The summed E-state index contributed by atoms with van der Waals surface area (Å²) in [5, 5.41) is 3.33. The second kappa shape index (κ2) is 9.91. The van der Waals surface area contributed by atoms with Crippen LogP contribution in [-0.4, -0.2) is 41.2 Å². The Hall–Kier alpha value is -1.84. The van der Waals surface area contributed by atoms with Crippen molar-refractivity contribution in [3.63, 3.8) is 0 Å². The van der Waals surface area contributed by atoms with Gasteiger partial charge < -0.3 is 14.8 Å². The van der Waals surface area contributed by atoms with Crippen LogP contribution in [0.2, 0.25) is 10.0 Å². The first-order chi connectivity index (χ1) is 12.8. The molecule has 2 aromatic carbocycles. The highest BCUT2D eigenvalue weighted by molar-refractivity contribution is 7.89. The van der Waals surface area contributed by atoms with E-state index in [1.54, 1.807) is 12.1 Å². The monoisotopic (exact) mass is 432 g/mol. The van der Waals surface area contributed by atoms with Crippen molar-refractivity contribution in [1.29, 1.82) is 0 Å². The Morgan fingerprint density at radius 1 is 1.07 bits per heavy atom. The molecule has 146 valence electrons. The lowest BCUT2D eigenvalue weighted by Crippen LogP contribution is -2.27. The molecular formula is C17H18Cl2N2O5S.